The molecule has 0 heterocycles. The Morgan fingerprint density at radius 2 is 1.81 bits per heavy atom. The molecule has 0 radical (unpaired) electrons. The number of hydrogen-bond donors (Lipinski definition) is 2. The highest BCUT2D eigenvalue weighted by atomic mass is 16.2. The van der Waals surface area contributed by atoms with E-state index < -0.39 is 0 Å². The predicted octanol–water partition coefficient (Wildman–Crippen LogP) is 2.32. The molecule has 0 saturated carbocycles. The summed E-state index contributed by atoms with van der Waals surface area (Å²) in [5.74, 6) is 0.769. The lowest BCUT2D eigenvalue weighted by Gasteiger charge is -2.14. The van der Waals surface area contributed by atoms with Gasteiger partial charge in [-0.15, -0.1) is 0 Å². The zero-order chi connectivity index (χ0) is 12.4. The Morgan fingerprint density at radius 1 is 1.12 bits per heavy atom. The summed E-state index contributed by atoms with van der Waals surface area (Å²) in [5.41, 5.74) is 0. The molecule has 0 spiro atoms. The molecule has 0 aliphatic carbocycles. The fourth-order valence-corrected chi connectivity index (χ4v) is 1.42. The Balaban J connectivity index is 3.49. The minimum atomic E-state index is -0.0657. The van der Waals surface area contributed by atoms with Crippen molar-refractivity contribution in [2.24, 2.45) is 5.92 Å². The van der Waals surface area contributed by atoms with Crippen LogP contribution in [0, 0.1) is 5.92 Å². The van der Waals surface area contributed by atoms with Gasteiger partial charge in [0.1, 0.15) is 0 Å². The van der Waals surface area contributed by atoms with E-state index in [2.05, 4.69) is 31.4 Å². The largest absolute Gasteiger partial charge is 0.355 e. The number of hydrogen-bond acceptors (Lipinski definition) is 2. The summed E-state index contributed by atoms with van der Waals surface area (Å²) in [6.45, 7) is 10.2. The highest BCUT2D eigenvalue weighted by Gasteiger charge is 2.10. The zero-order valence-corrected chi connectivity index (χ0v) is 11.3. The Hall–Kier alpha value is -0.570. The van der Waals surface area contributed by atoms with E-state index in [1.807, 2.05) is 6.92 Å². The molecule has 0 aliphatic rings. The highest BCUT2D eigenvalue weighted by molar-refractivity contribution is 5.81. The van der Waals surface area contributed by atoms with Crippen LogP contribution in [0.5, 0.6) is 0 Å². The van der Waals surface area contributed by atoms with Gasteiger partial charge in [0, 0.05) is 6.54 Å². The lowest BCUT2D eigenvalue weighted by Crippen LogP contribution is -2.42. The summed E-state index contributed by atoms with van der Waals surface area (Å²) < 4.78 is 0. The molecule has 0 bridgehead atoms. The number of nitrogens with one attached hydrogen (secondary N) is 2. The molecule has 2 N–H and O–H groups in total. The molecular formula is C13H28N2O. The summed E-state index contributed by atoms with van der Waals surface area (Å²) in [6.07, 6.45) is 4.65. The fraction of sp³-hybridized carbons (Fsp3) is 0.923. The van der Waals surface area contributed by atoms with Crippen LogP contribution in [0.4, 0.5) is 0 Å². The van der Waals surface area contributed by atoms with Crippen LogP contribution in [0.25, 0.3) is 0 Å². The van der Waals surface area contributed by atoms with Crippen molar-refractivity contribution in [3.05, 3.63) is 0 Å². The van der Waals surface area contributed by atoms with Gasteiger partial charge in [-0.25, -0.2) is 0 Å². The van der Waals surface area contributed by atoms with Crippen LogP contribution in [-0.2, 0) is 4.79 Å². The molecule has 3 heteroatoms. The van der Waals surface area contributed by atoms with Crippen molar-refractivity contribution in [2.45, 2.75) is 59.4 Å². The third-order valence-corrected chi connectivity index (χ3v) is 2.65. The standard InChI is InChI=1S/C13H28N2O/c1-5-6-7-9-14-12(4)13(16)15-10-8-11(2)3/h11-12,14H,5-10H2,1-4H3,(H,15,16). The van der Waals surface area contributed by atoms with Crippen molar-refractivity contribution in [1.29, 1.82) is 0 Å². The molecule has 1 unspecified atom stereocenters. The van der Waals surface area contributed by atoms with Gasteiger partial charge in [-0.1, -0.05) is 33.6 Å². The topological polar surface area (TPSA) is 41.1 Å². The molecule has 0 aliphatic heterocycles. The number of rotatable bonds is 9. The molecule has 0 rings (SSSR count). The normalized spacial score (nSPS) is 12.8. The first-order valence-electron chi connectivity index (χ1n) is 6.59. The quantitative estimate of drug-likeness (QED) is 0.595. The number of amides is 1. The third-order valence-electron chi connectivity index (χ3n) is 2.65. The SMILES string of the molecule is CCCCCNC(C)C(=O)NCCC(C)C. The van der Waals surface area contributed by atoms with Gasteiger partial charge in [0.25, 0.3) is 0 Å². The van der Waals surface area contributed by atoms with Crippen molar-refractivity contribution in [2.75, 3.05) is 13.1 Å². The van der Waals surface area contributed by atoms with E-state index in [-0.39, 0.29) is 11.9 Å². The summed E-state index contributed by atoms with van der Waals surface area (Å²) >= 11 is 0. The van der Waals surface area contributed by atoms with Crippen LogP contribution >= 0.6 is 0 Å². The van der Waals surface area contributed by atoms with Crippen LogP contribution in [0.15, 0.2) is 0 Å². The fourth-order valence-electron chi connectivity index (χ4n) is 1.42. The maximum absolute atomic E-state index is 11.6. The second kappa shape index (κ2) is 9.64. The molecule has 0 aromatic rings. The van der Waals surface area contributed by atoms with Gasteiger partial charge in [-0.3, -0.25) is 4.79 Å². The monoisotopic (exact) mass is 228 g/mol. The van der Waals surface area contributed by atoms with Gasteiger partial charge < -0.3 is 10.6 Å². The minimum Gasteiger partial charge on any atom is -0.355 e. The van der Waals surface area contributed by atoms with E-state index in [1.165, 1.54) is 12.8 Å². The maximum atomic E-state index is 11.6. The highest BCUT2D eigenvalue weighted by Crippen LogP contribution is 1.97. The van der Waals surface area contributed by atoms with Crippen molar-refractivity contribution in [3.63, 3.8) is 0 Å². The molecule has 0 aromatic carbocycles. The Kier molecular flexibility index (Phi) is 9.30. The number of carbonyl (C=O) groups excluding carboxylic acids is 1. The van der Waals surface area contributed by atoms with Gasteiger partial charge in [0.15, 0.2) is 0 Å². The van der Waals surface area contributed by atoms with Crippen LogP contribution in [-0.4, -0.2) is 25.0 Å². The van der Waals surface area contributed by atoms with Gasteiger partial charge in [-0.05, 0) is 32.2 Å². The molecule has 16 heavy (non-hydrogen) atoms. The van der Waals surface area contributed by atoms with E-state index in [4.69, 9.17) is 0 Å². The van der Waals surface area contributed by atoms with Crippen LogP contribution in [0.1, 0.15) is 53.4 Å². The van der Waals surface area contributed by atoms with Crippen molar-refractivity contribution >= 4 is 5.91 Å². The van der Waals surface area contributed by atoms with E-state index in [9.17, 15) is 4.79 Å². The summed E-state index contributed by atoms with van der Waals surface area (Å²) in [5, 5.41) is 6.20. The smallest absolute Gasteiger partial charge is 0.236 e. The summed E-state index contributed by atoms with van der Waals surface area (Å²) in [7, 11) is 0. The van der Waals surface area contributed by atoms with E-state index in [1.54, 1.807) is 0 Å². The first kappa shape index (κ1) is 15.4. The van der Waals surface area contributed by atoms with E-state index in [0.717, 1.165) is 25.9 Å². The van der Waals surface area contributed by atoms with Crippen LogP contribution in [0.2, 0.25) is 0 Å². The minimum absolute atomic E-state index is 0.0657. The summed E-state index contributed by atoms with van der Waals surface area (Å²) in [4.78, 5) is 11.6. The average Bonchev–Trinajstić information content (AvgIpc) is 2.23. The molecule has 3 nitrogen and oxygen atoms in total. The number of unbranched alkanes of at least 4 members (excludes halogenated alkanes) is 2. The van der Waals surface area contributed by atoms with Gasteiger partial charge in [0.2, 0.25) is 5.91 Å². The van der Waals surface area contributed by atoms with E-state index >= 15 is 0 Å². The second-order valence-corrected chi connectivity index (χ2v) is 4.86. The van der Waals surface area contributed by atoms with Gasteiger partial charge >= 0.3 is 0 Å². The van der Waals surface area contributed by atoms with Crippen molar-refractivity contribution in [3.8, 4) is 0 Å². The molecule has 0 fully saturated rings. The molecule has 1 amide bonds. The van der Waals surface area contributed by atoms with Crippen molar-refractivity contribution in [1.82, 2.24) is 10.6 Å². The molecular weight excluding hydrogens is 200 g/mol. The lowest BCUT2D eigenvalue weighted by atomic mass is 10.1. The zero-order valence-electron chi connectivity index (χ0n) is 11.3. The Labute approximate surface area is 100 Å². The first-order chi connectivity index (χ1) is 7.57. The third kappa shape index (κ3) is 8.72. The van der Waals surface area contributed by atoms with Crippen molar-refractivity contribution < 1.29 is 4.79 Å². The van der Waals surface area contributed by atoms with Gasteiger partial charge in [-0.2, -0.15) is 0 Å². The van der Waals surface area contributed by atoms with E-state index in [0.29, 0.717) is 5.92 Å². The molecule has 0 aromatic heterocycles. The average molecular weight is 228 g/mol. The molecule has 0 saturated heterocycles. The molecule has 1 atom stereocenters. The Morgan fingerprint density at radius 3 is 2.38 bits per heavy atom. The predicted molar refractivity (Wildman–Crippen MR) is 69.5 cm³/mol. The van der Waals surface area contributed by atoms with Gasteiger partial charge in [0.05, 0.1) is 6.04 Å². The number of carbonyl (C=O) groups is 1. The second-order valence-electron chi connectivity index (χ2n) is 4.86. The molecule has 96 valence electrons. The van der Waals surface area contributed by atoms with Crippen LogP contribution < -0.4 is 10.6 Å². The lowest BCUT2D eigenvalue weighted by molar-refractivity contribution is -0.122. The maximum Gasteiger partial charge on any atom is 0.236 e. The first-order valence-corrected chi connectivity index (χ1v) is 6.59. The van der Waals surface area contributed by atoms with Crippen LogP contribution in [0.3, 0.4) is 0 Å². The Bertz CT molecular complexity index is 181. The summed E-state index contributed by atoms with van der Waals surface area (Å²) in [6, 6.07) is -0.0657.